The SMILES string of the molecule is COC1=CC2=C(C#N)C(=N)N(c3ccc(Cl)cc3)C(Nc3ccc(Cl)cc3)CC2(O)N1c1ccc(C)cc1. The predicted octanol–water partition coefficient (Wildman–Crippen LogP) is 6.44. The van der Waals surface area contributed by atoms with E-state index < -0.39 is 11.9 Å². The van der Waals surface area contributed by atoms with E-state index in [-0.39, 0.29) is 17.8 Å². The van der Waals surface area contributed by atoms with E-state index in [1.165, 1.54) is 7.11 Å². The van der Waals surface area contributed by atoms with Crippen LogP contribution < -0.4 is 15.1 Å². The molecule has 0 fully saturated rings. The molecule has 2 atom stereocenters. The van der Waals surface area contributed by atoms with Gasteiger partial charge in [-0.15, -0.1) is 0 Å². The zero-order chi connectivity index (χ0) is 27.0. The van der Waals surface area contributed by atoms with E-state index in [0.717, 1.165) is 11.3 Å². The number of nitrogens with one attached hydrogen (secondary N) is 2. The minimum Gasteiger partial charge on any atom is -0.482 e. The molecular weight excluding hydrogens is 521 g/mol. The molecule has 0 spiro atoms. The van der Waals surface area contributed by atoms with Crippen LogP contribution in [0.25, 0.3) is 0 Å². The second-order valence-electron chi connectivity index (χ2n) is 9.14. The Balaban J connectivity index is 1.70. The van der Waals surface area contributed by atoms with Gasteiger partial charge in [0.05, 0.1) is 7.11 Å². The molecule has 0 saturated carbocycles. The van der Waals surface area contributed by atoms with Crippen LogP contribution in [-0.2, 0) is 4.74 Å². The molecule has 0 aromatic heterocycles. The van der Waals surface area contributed by atoms with Gasteiger partial charge in [0.25, 0.3) is 0 Å². The molecule has 0 aliphatic carbocycles. The van der Waals surface area contributed by atoms with Gasteiger partial charge in [-0.2, -0.15) is 5.26 Å². The minimum atomic E-state index is -1.71. The molecule has 5 rings (SSSR count). The Morgan fingerprint density at radius 1 is 1.00 bits per heavy atom. The molecule has 0 saturated heterocycles. The zero-order valence-corrected chi connectivity index (χ0v) is 22.3. The first-order valence-electron chi connectivity index (χ1n) is 11.9. The average Bonchev–Trinajstić information content (AvgIpc) is 3.15. The molecule has 192 valence electrons. The van der Waals surface area contributed by atoms with Crippen LogP contribution in [0.15, 0.2) is 95.9 Å². The van der Waals surface area contributed by atoms with Crippen LogP contribution in [0.4, 0.5) is 17.1 Å². The number of aryl methyl sites for hydroxylation is 1. The van der Waals surface area contributed by atoms with Gasteiger partial charge in [0.2, 0.25) is 0 Å². The molecule has 38 heavy (non-hydrogen) atoms. The van der Waals surface area contributed by atoms with Crippen molar-refractivity contribution in [2.45, 2.75) is 25.2 Å². The predicted molar refractivity (Wildman–Crippen MR) is 151 cm³/mol. The zero-order valence-electron chi connectivity index (χ0n) is 20.7. The van der Waals surface area contributed by atoms with E-state index in [0.29, 0.717) is 32.9 Å². The summed E-state index contributed by atoms with van der Waals surface area (Å²) in [7, 11) is 1.52. The third-order valence-corrected chi connectivity index (χ3v) is 7.23. The Bertz CT molecular complexity index is 1480. The molecule has 3 aromatic rings. The number of benzene rings is 3. The van der Waals surface area contributed by atoms with E-state index >= 15 is 0 Å². The van der Waals surface area contributed by atoms with E-state index in [9.17, 15) is 15.8 Å². The number of hydrogen-bond donors (Lipinski definition) is 3. The number of nitrogens with zero attached hydrogens (tertiary/aromatic N) is 3. The minimum absolute atomic E-state index is 0.0343. The molecule has 9 heteroatoms. The number of nitriles is 1. The Kier molecular flexibility index (Phi) is 6.80. The van der Waals surface area contributed by atoms with Crippen LogP contribution in [0.2, 0.25) is 10.0 Å². The van der Waals surface area contributed by atoms with Crippen molar-refractivity contribution in [3.63, 3.8) is 0 Å². The molecule has 2 aliphatic rings. The number of hydrogen-bond acceptors (Lipinski definition) is 6. The summed E-state index contributed by atoms with van der Waals surface area (Å²) >= 11 is 12.3. The second kappa shape index (κ2) is 10.1. The number of methoxy groups -OCH3 is 1. The Hall–Kier alpha value is -3.96. The fourth-order valence-corrected chi connectivity index (χ4v) is 5.16. The van der Waals surface area contributed by atoms with Crippen molar-refractivity contribution in [2.24, 2.45) is 0 Å². The summed E-state index contributed by atoms with van der Waals surface area (Å²) in [6.07, 6.45) is 1.05. The van der Waals surface area contributed by atoms with Gasteiger partial charge in [-0.05, 0) is 67.6 Å². The van der Waals surface area contributed by atoms with Crippen LogP contribution in [0, 0.1) is 23.7 Å². The van der Waals surface area contributed by atoms with Gasteiger partial charge in [0, 0.05) is 45.2 Å². The second-order valence-corrected chi connectivity index (χ2v) is 10.0. The summed E-state index contributed by atoms with van der Waals surface area (Å²) in [6.45, 7) is 1.98. The number of aliphatic hydroxyl groups is 1. The van der Waals surface area contributed by atoms with Gasteiger partial charge in [0.15, 0.2) is 11.6 Å². The molecular formula is C29H25Cl2N5O2. The van der Waals surface area contributed by atoms with E-state index in [4.69, 9.17) is 27.9 Å². The number of halogens is 2. The largest absolute Gasteiger partial charge is 0.482 e. The van der Waals surface area contributed by atoms with Crippen LogP contribution >= 0.6 is 23.2 Å². The highest BCUT2D eigenvalue weighted by atomic mass is 35.5. The maximum atomic E-state index is 12.5. The number of rotatable bonds is 5. The first kappa shape index (κ1) is 25.7. The maximum Gasteiger partial charge on any atom is 0.196 e. The van der Waals surface area contributed by atoms with E-state index in [1.807, 2.05) is 43.3 Å². The van der Waals surface area contributed by atoms with Crippen molar-refractivity contribution in [3.05, 3.63) is 112 Å². The summed E-state index contributed by atoms with van der Waals surface area (Å²) in [6, 6.07) is 24.0. The van der Waals surface area contributed by atoms with Crippen molar-refractivity contribution < 1.29 is 9.84 Å². The third-order valence-electron chi connectivity index (χ3n) is 6.72. The molecule has 0 bridgehead atoms. The van der Waals surface area contributed by atoms with Crippen molar-refractivity contribution in [2.75, 3.05) is 22.2 Å². The lowest BCUT2D eigenvalue weighted by atomic mass is 9.95. The average molecular weight is 546 g/mol. The van der Waals surface area contributed by atoms with Crippen LogP contribution in [0.1, 0.15) is 12.0 Å². The van der Waals surface area contributed by atoms with Crippen molar-refractivity contribution in [1.82, 2.24) is 0 Å². The monoisotopic (exact) mass is 545 g/mol. The number of fused-ring (bicyclic) bond motifs is 1. The highest BCUT2D eigenvalue weighted by molar-refractivity contribution is 6.31. The van der Waals surface area contributed by atoms with Gasteiger partial charge >= 0.3 is 0 Å². The Morgan fingerprint density at radius 2 is 1.58 bits per heavy atom. The number of ether oxygens (including phenoxy) is 1. The van der Waals surface area contributed by atoms with Crippen LogP contribution in [0.3, 0.4) is 0 Å². The third kappa shape index (κ3) is 4.48. The maximum absolute atomic E-state index is 12.5. The lowest BCUT2D eigenvalue weighted by molar-refractivity contribution is 0.0667. The summed E-state index contributed by atoms with van der Waals surface area (Å²) < 4.78 is 5.68. The first-order valence-corrected chi connectivity index (χ1v) is 12.7. The standard InChI is InChI=1S/C29H25Cl2N5O2/c1-18-3-11-23(12-4-18)36-27(38-2)15-25-24(17-32)28(33)35(22-13-7-20(31)8-14-22)26(16-29(25,36)37)34-21-9-5-19(30)6-10-21/h3-15,26,33-34,37H,16H2,1-2H3. The number of amidine groups is 1. The van der Waals surface area contributed by atoms with Gasteiger partial charge in [0.1, 0.15) is 23.6 Å². The molecule has 0 radical (unpaired) electrons. The first-order chi connectivity index (χ1) is 18.2. The smallest absolute Gasteiger partial charge is 0.196 e. The topological polar surface area (TPSA) is 95.6 Å². The van der Waals surface area contributed by atoms with Gasteiger partial charge in [-0.3, -0.25) is 10.3 Å². The summed E-state index contributed by atoms with van der Waals surface area (Å²) in [5, 5.41) is 36.5. The van der Waals surface area contributed by atoms with E-state index in [1.54, 1.807) is 52.3 Å². The van der Waals surface area contributed by atoms with Crippen molar-refractivity contribution >= 4 is 46.1 Å². The molecule has 2 unspecified atom stereocenters. The fourth-order valence-electron chi connectivity index (χ4n) is 4.91. The molecule has 3 N–H and O–H groups in total. The molecule has 2 aliphatic heterocycles. The molecule has 3 aromatic carbocycles. The van der Waals surface area contributed by atoms with Gasteiger partial charge < -0.3 is 20.1 Å². The van der Waals surface area contributed by atoms with Gasteiger partial charge in [-0.1, -0.05) is 40.9 Å². The summed E-state index contributed by atoms with van der Waals surface area (Å²) in [5.74, 6) is 0.307. The van der Waals surface area contributed by atoms with E-state index in [2.05, 4.69) is 11.4 Å². The normalized spacial score (nSPS) is 21.0. The van der Waals surface area contributed by atoms with Crippen molar-refractivity contribution in [3.8, 4) is 6.07 Å². The molecule has 7 nitrogen and oxygen atoms in total. The van der Waals surface area contributed by atoms with Crippen molar-refractivity contribution in [1.29, 1.82) is 10.7 Å². The molecule has 0 amide bonds. The Labute approximate surface area is 231 Å². The quantitative estimate of drug-likeness (QED) is 0.341. The fraction of sp³-hybridized carbons (Fsp3) is 0.172. The summed E-state index contributed by atoms with van der Waals surface area (Å²) in [5.41, 5.74) is 1.75. The lowest BCUT2D eigenvalue weighted by Gasteiger charge is -2.40. The Morgan fingerprint density at radius 3 is 2.16 bits per heavy atom. The molecule has 2 heterocycles. The van der Waals surface area contributed by atoms with Crippen LogP contribution in [0.5, 0.6) is 0 Å². The number of anilines is 3. The highest BCUT2D eigenvalue weighted by Crippen LogP contribution is 2.46. The summed E-state index contributed by atoms with van der Waals surface area (Å²) in [4.78, 5) is 3.37. The lowest BCUT2D eigenvalue weighted by Crippen LogP contribution is -2.53. The highest BCUT2D eigenvalue weighted by Gasteiger charge is 2.52. The van der Waals surface area contributed by atoms with Crippen LogP contribution in [-0.4, -0.2) is 29.9 Å². The van der Waals surface area contributed by atoms with Gasteiger partial charge in [-0.25, -0.2) is 0 Å².